The smallest absolute Gasteiger partial charge is 0.191 e. The SMILES string of the molecule is CCNC(=NCc1ncnn1C)NCC1(c2ccccc2C)CCCCC1. The van der Waals surface area contributed by atoms with E-state index in [0.29, 0.717) is 6.54 Å². The normalized spacial score (nSPS) is 16.9. The zero-order chi connectivity index (χ0) is 19.1. The first-order chi connectivity index (χ1) is 13.1. The number of benzene rings is 1. The summed E-state index contributed by atoms with van der Waals surface area (Å²) in [6.45, 7) is 6.59. The molecule has 0 amide bonds. The molecule has 0 unspecified atom stereocenters. The van der Waals surface area contributed by atoms with Crippen LogP contribution in [0.25, 0.3) is 0 Å². The summed E-state index contributed by atoms with van der Waals surface area (Å²) in [7, 11) is 1.90. The van der Waals surface area contributed by atoms with E-state index in [2.05, 4.69) is 58.8 Å². The zero-order valence-electron chi connectivity index (χ0n) is 16.8. The maximum Gasteiger partial charge on any atom is 0.191 e. The Morgan fingerprint density at radius 1 is 1.19 bits per heavy atom. The van der Waals surface area contributed by atoms with Crippen LogP contribution >= 0.6 is 0 Å². The van der Waals surface area contributed by atoms with Gasteiger partial charge < -0.3 is 10.6 Å². The van der Waals surface area contributed by atoms with Crippen molar-refractivity contribution in [3.63, 3.8) is 0 Å². The van der Waals surface area contributed by atoms with E-state index in [1.807, 2.05) is 7.05 Å². The molecule has 1 aliphatic rings. The van der Waals surface area contributed by atoms with Gasteiger partial charge in [-0.25, -0.2) is 9.98 Å². The van der Waals surface area contributed by atoms with E-state index in [9.17, 15) is 0 Å². The van der Waals surface area contributed by atoms with Gasteiger partial charge in [0.25, 0.3) is 0 Å². The van der Waals surface area contributed by atoms with E-state index in [1.165, 1.54) is 43.2 Å². The lowest BCUT2D eigenvalue weighted by molar-refractivity contribution is 0.290. The number of aromatic nitrogens is 3. The molecule has 0 atom stereocenters. The van der Waals surface area contributed by atoms with Crippen LogP contribution in [0.15, 0.2) is 35.6 Å². The third kappa shape index (κ3) is 4.67. The standard InChI is InChI=1S/C21H32N6/c1-4-22-20(23-14-19-25-16-26-27(19)3)24-15-21(12-8-5-9-13-21)18-11-7-6-10-17(18)2/h6-7,10-11,16H,4-5,8-9,12-15H2,1-3H3,(H2,22,23,24). The van der Waals surface area contributed by atoms with Crippen molar-refractivity contribution in [2.45, 2.75) is 57.9 Å². The first-order valence-corrected chi connectivity index (χ1v) is 10.1. The van der Waals surface area contributed by atoms with Gasteiger partial charge in [0, 0.05) is 25.6 Å². The van der Waals surface area contributed by atoms with Gasteiger partial charge in [-0.05, 0) is 37.8 Å². The molecule has 0 bridgehead atoms. The van der Waals surface area contributed by atoms with E-state index in [4.69, 9.17) is 4.99 Å². The van der Waals surface area contributed by atoms with Crippen molar-refractivity contribution < 1.29 is 0 Å². The Hall–Kier alpha value is -2.37. The number of hydrogen-bond donors (Lipinski definition) is 2. The molecule has 6 heteroatoms. The van der Waals surface area contributed by atoms with E-state index >= 15 is 0 Å². The summed E-state index contributed by atoms with van der Waals surface area (Å²) in [5, 5.41) is 11.1. The van der Waals surface area contributed by atoms with Crippen molar-refractivity contribution in [2.24, 2.45) is 12.0 Å². The van der Waals surface area contributed by atoms with E-state index in [1.54, 1.807) is 11.0 Å². The third-order valence-electron chi connectivity index (χ3n) is 5.65. The summed E-state index contributed by atoms with van der Waals surface area (Å²) in [6, 6.07) is 8.85. The fourth-order valence-corrected chi connectivity index (χ4v) is 4.15. The maximum atomic E-state index is 4.72. The Bertz CT molecular complexity index is 758. The molecule has 27 heavy (non-hydrogen) atoms. The Kier molecular flexibility index (Phi) is 6.48. The summed E-state index contributed by atoms with van der Waals surface area (Å²) >= 11 is 0. The predicted octanol–water partition coefficient (Wildman–Crippen LogP) is 3.08. The van der Waals surface area contributed by atoms with Crippen LogP contribution in [-0.4, -0.2) is 33.8 Å². The molecular formula is C21H32N6. The van der Waals surface area contributed by atoms with Crippen molar-refractivity contribution in [1.82, 2.24) is 25.4 Å². The molecular weight excluding hydrogens is 336 g/mol. The molecule has 0 aliphatic heterocycles. The molecule has 3 rings (SSSR count). The van der Waals surface area contributed by atoms with Crippen molar-refractivity contribution >= 4 is 5.96 Å². The summed E-state index contributed by atoms with van der Waals surface area (Å²) in [5.41, 5.74) is 3.06. The molecule has 6 nitrogen and oxygen atoms in total. The molecule has 1 aromatic carbocycles. The highest BCUT2D eigenvalue weighted by molar-refractivity contribution is 5.79. The van der Waals surface area contributed by atoms with E-state index in [-0.39, 0.29) is 5.41 Å². The van der Waals surface area contributed by atoms with Crippen molar-refractivity contribution in [3.05, 3.63) is 47.5 Å². The predicted molar refractivity (Wildman–Crippen MR) is 110 cm³/mol. The van der Waals surface area contributed by atoms with Gasteiger partial charge in [-0.2, -0.15) is 5.10 Å². The van der Waals surface area contributed by atoms with Gasteiger partial charge in [0.15, 0.2) is 5.96 Å². The number of guanidine groups is 1. The summed E-state index contributed by atoms with van der Waals surface area (Å²) in [5.74, 6) is 1.71. The van der Waals surface area contributed by atoms with Crippen molar-refractivity contribution in [2.75, 3.05) is 13.1 Å². The zero-order valence-corrected chi connectivity index (χ0v) is 16.8. The highest BCUT2D eigenvalue weighted by atomic mass is 15.3. The summed E-state index contributed by atoms with van der Waals surface area (Å²) in [6.07, 6.45) is 7.96. The lowest BCUT2D eigenvalue weighted by atomic mass is 9.68. The topological polar surface area (TPSA) is 67.1 Å². The second-order valence-corrected chi connectivity index (χ2v) is 7.50. The molecule has 0 radical (unpaired) electrons. The minimum atomic E-state index is 0.185. The number of aryl methyl sites for hydroxylation is 2. The molecule has 0 saturated heterocycles. The van der Waals surface area contributed by atoms with Crippen LogP contribution in [0.4, 0.5) is 0 Å². The van der Waals surface area contributed by atoms with Crippen LogP contribution in [0.5, 0.6) is 0 Å². The average molecular weight is 369 g/mol. The van der Waals surface area contributed by atoms with E-state index in [0.717, 1.165) is 24.9 Å². The maximum absolute atomic E-state index is 4.72. The van der Waals surface area contributed by atoms with Gasteiger partial charge in [0.1, 0.15) is 18.7 Å². The lowest BCUT2D eigenvalue weighted by Crippen LogP contribution is -2.46. The van der Waals surface area contributed by atoms with Gasteiger partial charge in [-0.1, -0.05) is 43.5 Å². The monoisotopic (exact) mass is 368 g/mol. The molecule has 146 valence electrons. The van der Waals surface area contributed by atoms with Crippen LogP contribution in [0.2, 0.25) is 0 Å². The van der Waals surface area contributed by atoms with Gasteiger partial charge in [0.2, 0.25) is 0 Å². The number of nitrogens with one attached hydrogen (secondary N) is 2. The van der Waals surface area contributed by atoms with Gasteiger partial charge in [-0.15, -0.1) is 0 Å². The first-order valence-electron chi connectivity index (χ1n) is 10.1. The number of hydrogen-bond acceptors (Lipinski definition) is 3. The van der Waals surface area contributed by atoms with Crippen LogP contribution in [0, 0.1) is 6.92 Å². The molecule has 2 aromatic rings. The summed E-state index contributed by atoms with van der Waals surface area (Å²) < 4.78 is 1.77. The van der Waals surface area contributed by atoms with Crippen molar-refractivity contribution in [1.29, 1.82) is 0 Å². The minimum Gasteiger partial charge on any atom is -0.357 e. The minimum absolute atomic E-state index is 0.185. The second kappa shape index (κ2) is 9.02. The number of rotatable bonds is 6. The van der Waals surface area contributed by atoms with Crippen LogP contribution in [0.1, 0.15) is 56.0 Å². The fourth-order valence-electron chi connectivity index (χ4n) is 4.15. The Balaban J connectivity index is 1.76. The van der Waals surface area contributed by atoms with Gasteiger partial charge in [0.05, 0.1) is 0 Å². The van der Waals surface area contributed by atoms with Crippen molar-refractivity contribution in [3.8, 4) is 0 Å². The van der Waals surface area contributed by atoms with E-state index < -0.39 is 0 Å². The Morgan fingerprint density at radius 3 is 2.63 bits per heavy atom. The highest BCUT2D eigenvalue weighted by Gasteiger charge is 2.35. The van der Waals surface area contributed by atoms with Crippen LogP contribution < -0.4 is 10.6 Å². The number of nitrogens with zero attached hydrogens (tertiary/aromatic N) is 4. The molecule has 1 aliphatic carbocycles. The van der Waals surface area contributed by atoms with Crippen LogP contribution in [-0.2, 0) is 19.0 Å². The largest absolute Gasteiger partial charge is 0.357 e. The molecule has 1 heterocycles. The number of aliphatic imine (C=N–C) groups is 1. The molecule has 0 spiro atoms. The Labute approximate surface area is 162 Å². The van der Waals surface area contributed by atoms with Gasteiger partial charge >= 0.3 is 0 Å². The fraction of sp³-hybridized carbons (Fsp3) is 0.571. The van der Waals surface area contributed by atoms with Gasteiger partial charge in [-0.3, -0.25) is 4.68 Å². The second-order valence-electron chi connectivity index (χ2n) is 7.50. The highest BCUT2D eigenvalue weighted by Crippen LogP contribution is 2.40. The third-order valence-corrected chi connectivity index (χ3v) is 5.65. The molecule has 2 N–H and O–H groups in total. The molecule has 1 saturated carbocycles. The summed E-state index contributed by atoms with van der Waals surface area (Å²) in [4.78, 5) is 8.98. The lowest BCUT2D eigenvalue weighted by Gasteiger charge is -2.39. The Morgan fingerprint density at radius 2 is 1.96 bits per heavy atom. The average Bonchev–Trinajstić information content (AvgIpc) is 3.10. The molecule has 1 aromatic heterocycles. The van der Waals surface area contributed by atoms with Crippen LogP contribution in [0.3, 0.4) is 0 Å². The molecule has 1 fully saturated rings. The first kappa shape index (κ1) is 19.4. The quantitative estimate of drug-likeness (QED) is 0.607.